The number of nitrogens with zero attached hydrogens (tertiary/aromatic N) is 6. The molecule has 0 unspecified atom stereocenters. The van der Waals surface area contributed by atoms with E-state index >= 15 is 0 Å². The van der Waals surface area contributed by atoms with Gasteiger partial charge >= 0.3 is 0 Å². The number of benzene rings is 9. The first-order valence-electron chi connectivity index (χ1n) is 21.5. The van der Waals surface area contributed by atoms with Crippen molar-refractivity contribution in [2.75, 3.05) is 0 Å². The second kappa shape index (κ2) is 13.3. The van der Waals surface area contributed by atoms with Gasteiger partial charge in [-0.05, 0) is 124 Å². The van der Waals surface area contributed by atoms with Crippen molar-refractivity contribution < 1.29 is 0 Å². The SMILES string of the molecule is Clc1ccc2c(c1)c1ccccc1n1c3ccccc3nc21.c1ccc2c(c1)nc1c3ccc(-c4ccc5c(c4)c4ccccc4n4c6ccccc6nc54)cc3c3ccccc3n21. The minimum atomic E-state index is 0.748. The normalized spacial score (nSPS) is 12.1. The van der Waals surface area contributed by atoms with Gasteiger partial charge in [0.1, 0.15) is 16.9 Å². The standard InChI is InChI=1S/C38H22N4.C19H11ClN2/c1-5-13-33-25(9-1)29-21-23(17-19-27(29)37-39-31-11-3-7-15-35(31)41(33)37)24-18-20-28-30(22-24)26-10-2-6-14-34(26)42-36-16-8-4-12-32(36)40-38(28)42;20-12-9-10-14-15(11-12)13-5-1-3-7-17(13)22-18-8-4-2-6-16(18)21-19(14)22/h1-22H;1-11H. The Kier molecular flexibility index (Phi) is 7.36. The lowest BCUT2D eigenvalue weighted by molar-refractivity contribution is 1.31. The molecule has 0 saturated heterocycles. The van der Waals surface area contributed by atoms with Crippen LogP contribution < -0.4 is 0 Å². The summed E-state index contributed by atoms with van der Waals surface area (Å²) in [5.41, 5.74) is 15.3. The van der Waals surface area contributed by atoms with Gasteiger partial charge in [-0.2, -0.15) is 0 Å². The topological polar surface area (TPSA) is 51.9 Å². The Morgan fingerprint density at radius 2 is 0.578 bits per heavy atom. The molecule has 0 bridgehead atoms. The van der Waals surface area contributed by atoms with Gasteiger partial charge in [0, 0.05) is 37.3 Å². The third-order valence-electron chi connectivity index (χ3n) is 13.1. The van der Waals surface area contributed by atoms with E-state index < -0.39 is 0 Å². The summed E-state index contributed by atoms with van der Waals surface area (Å²) < 4.78 is 6.84. The van der Waals surface area contributed by atoms with E-state index in [4.69, 9.17) is 26.6 Å². The predicted molar refractivity (Wildman–Crippen MR) is 267 cm³/mol. The zero-order valence-electron chi connectivity index (χ0n) is 34.1. The highest BCUT2D eigenvalue weighted by Gasteiger charge is 2.18. The minimum Gasteiger partial charge on any atom is -0.292 e. The average molecular weight is 837 g/mol. The van der Waals surface area contributed by atoms with Gasteiger partial charge in [0.15, 0.2) is 0 Å². The van der Waals surface area contributed by atoms with Crippen LogP contribution in [0.25, 0.3) is 126 Å². The van der Waals surface area contributed by atoms with Gasteiger partial charge in [-0.25, -0.2) is 15.0 Å². The maximum absolute atomic E-state index is 6.22. The van der Waals surface area contributed by atoms with Crippen LogP contribution in [0.4, 0.5) is 0 Å². The van der Waals surface area contributed by atoms with Gasteiger partial charge in [0.25, 0.3) is 0 Å². The van der Waals surface area contributed by atoms with Gasteiger partial charge in [-0.3, -0.25) is 13.2 Å². The van der Waals surface area contributed by atoms with Crippen LogP contribution >= 0.6 is 11.6 Å². The molecule has 6 heterocycles. The molecule has 0 fully saturated rings. The van der Waals surface area contributed by atoms with Crippen LogP contribution in [0.1, 0.15) is 0 Å². The van der Waals surface area contributed by atoms with Crippen LogP contribution in [-0.2, 0) is 0 Å². The molecule has 6 aromatic heterocycles. The maximum atomic E-state index is 6.22. The molecule has 0 aliphatic rings. The summed E-state index contributed by atoms with van der Waals surface area (Å²) in [7, 11) is 0. The van der Waals surface area contributed by atoms with Crippen LogP contribution in [0, 0.1) is 0 Å². The Balaban J connectivity index is 0.000000151. The maximum Gasteiger partial charge on any atom is 0.146 e. The highest BCUT2D eigenvalue weighted by molar-refractivity contribution is 6.32. The summed E-state index contributed by atoms with van der Waals surface area (Å²) in [6, 6.07) is 70.4. The van der Waals surface area contributed by atoms with E-state index in [2.05, 4.69) is 195 Å². The van der Waals surface area contributed by atoms with Crippen molar-refractivity contribution in [2.45, 2.75) is 0 Å². The zero-order chi connectivity index (χ0) is 42.0. The van der Waals surface area contributed by atoms with Crippen LogP contribution in [0.3, 0.4) is 0 Å². The number of pyridine rings is 3. The molecule has 6 nitrogen and oxygen atoms in total. The smallest absolute Gasteiger partial charge is 0.146 e. The summed E-state index contributed by atoms with van der Waals surface area (Å²) in [6.45, 7) is 0. The second-order valence-electron chi connectivity index (χ2n) is 16.5. The number of hydrogen-bond acceptors (Lipinski definition) is 3. The summed E-state index contributed by atoms with van der Waals surface area (Å²) in [6.07, 6.45) is 0. The number of aromatic nitrogens is 6. The molecule has 0 aliphatic carbocycles. The highest BCUT2D eigenvalue weighted by Crippen LogP contribution is 2.39. The summed E-state index contributed by atoms with van der Waals surface area (Å²) >= 11 is 6.22. The van der Waals surface area contributed by atoms with Crippen LogP contribution in [0.5, 0.6) is 0 Å². The molecule has 0 saturated carbocycles. The molecule has 15 aromatic rings. The third kappa shape index (κ3) is 5.00. The van der Waals surface area contributed by atoms with Crippen molar-refractivity contribution in [3.05, 3.63) is 205 Å². The van der Waals surface area contributed by atoms with E-state index in [1.165, 1.54) is 49.1 Å². The number of fused-ring (bicyclic) bond motifs is 24. The van der Waals surface area contributed by atoms with E-state index in [0.717, 1.165) is 82.1 Å². The molecule has 0 amide bonds. The second-order valence-corrected chi connectivity index (χ2v) is 17.0. The zero-order valence-corrected chi connectivity index (χ0v) is 34.9. The van der Waals surface area contributed by atoms with Gasteiger partial charge < -0.3 is 0 Å². The molecule has 0 N–H and O–H groups in total. The van der Waals surface area contributed by atoms with Crippen molar-refractivity contribution in [3.8, 4) is 11.1 Å². The summed E-state index contributed by atoms with van der Waals surface area (Å²) in [5, 5.41) is 11.4. The fourth-order valence-electron chi connectivity index (χ4n) is 10.3. The minimum absolute atomic E-state index is 0.748. The van der Waals surface area contributed by atoms with Crippen LogP contribution in [-0.4, -0.2) is 28.2 Å². The van der Waals surface area contributed by atoms with Gasteiger partial charge in [-0.1, -0.05) is 115 Å². The van der Waals surface area contributed by atoms with E-state index in [0.29, 0.717) is 0 Å². The van der Waals surface area contributed by atoms with E-state index in [1.807, 2.05) is 18.2 Å². The molecule has 0 radical (unpaired) electrons. The van der Waals surface area contributed by atoms with Crippen LogP contribution in [0.2, 0.25) is 5.02 Å². The van der Waals surface area contributed by atoms with Crippen molar-refractivity contribution in [1.29, 1.82) is 0 Å². The largest absolute Gasteiger partial charge is 0.292 e. The van der Waals surface area contributed by atoms with Gasteiger partial charge in [-0.15, -0.1) is 0 Å². The molecule has 298 valence electrons. The molecular formula is C57H33ClN6. The fourth-order valence-corrected chi connectivity index (χ4v) is 10.4. The first kappa shape index (κ1) is 35.3. The average Bonchev–Trinajstić information content (AvgIpc) is 4.07. The third-order valence-corrected chi connectivity index (χ3v) is 13.3. The van der Waals surface area contributed by atoms with Crippen molar-refractivity contribution in [1.82, 2.24) is 28.2 Å². The Hall–Kier alpha value is -8.32. The number of rotatable bonds is 1. The highest BCUT2D eigenvalue weighted by atomic mass is 35.5. The lowest BCUT2D eigenvalue weighted by atomic mass is 9.96. The Labute approximate surface area is 369 Å². The van der Waals surface area contributed by atoms with Crippen molar-refractivity contribution in [3.63, 3.8) is 0 Å². The van der Waals surface area contributed by atoms with Crippen LogP contribution in [0.15, 0.2) is 200 Å². The summed E-state index contributed by atoms with van der Waals surface area (Å²) in [4.78, 5) is 15.0. The Bertz CT molecular complexity index is 4270. The summed E-state index contributed by atoms with van der Waals surface area (Å²) in [5.74, 6) is 0. The molecule has 7 heteroatoms. The lowest BCUT2D eigenvalue weighted by Gasteiger charge is -2.13. The van der Waals surface area contributed by atoms with Crippen molar-refractivity contribution in [2.24, 2.45) is 0 Å². The number of imidazole rings is 3. The molecule has 0 spiro atoms. The number of halogens is 1. The molecular weight excluding hydrogens is 804 g/mol. The molecule has 9 aromatic carbocycles. The number of hydrogen-bond donors (Lipinski definition) is 0. The first-order valence-corrected chi connectivity index (χ1v) is 21.8. The molecule has 0 aliphatic heterocycles. The Morgan fingerprint density at radius 3 is 0.969 bits per heavy atom. The predicted octanol–water partition coefficient (Wildman–Crippen LogP) is 15.0. The lowest BCUT2D eigenvalue weighted by Crippen LogP contribution is -1.93. The van der Waals surface area contributed by atoms with Gasteiger partial charge in [0.05, 0.1) is 49.7 Å². The molecule has 0 atom stereocenters. The first-order chi connectivity index (χ1) is 31.7. The van der Waals surface area contributed by atoms with E-state index in [-0.39, 0.29) is 0 Å². The van der Waals surface area contributed by atoms with E-state index in [9.17, 15) is 0 Å². The fraction of sp³-hybridized carbons (Fsp3) is 0. The Morgan fingerprint density at radius 1 is 0.266 bits per heavy atom. The monoisotopic (exact) mass is 836 g/mol. The molecule has 64 heavy (non-hydrogen) atoms. The van der Waals surface area contributed by atoms with Gasteiger partial charge in [0.2, 0.25) is 0 Å². The van der Waals surface area contributed by atoms with E-state index in [1.54, 1.807) is 0 Å². The quantitative estimate of drug-likeness (QED) is 0.155. The molecule has 15 rings (SSSR count). The van der Waals surface area contributed by atoms with Crippen molar-refractivity contribution >= 4 is 127 Å². The number of para-hydroxylation sites is 9.